The number of ether oxygens (including phenoxy) is 4. The molecule has 3 N–H and O–H groups in total. The minimum Gasteiger partial charge on any atom is -0.462 e. The summed E-state index contributed by atoms with van der Waals surface area (Å²) in [7, 11) is -9.92. The van der Waals surface area contributed by atoms with Crippen LogP contribution in [0.4, 0.5) is 0 Å². The van der Waals surface area contributed by atoms with Gasteiger partial charge < -0.3 is 33.8 Å². The second kappa shape index (κ2) is 68.5. The molecule has 0 bridgehead atoms. The van der Waals surface area contributed by atoms with Crippen molar-refractivity contribution in [1.82, 2.24) is 0 Å². The van der Waals surface area contributed by atoms with Crippen molar-refractivity contribution in [3.05, 3.63) is 0 Å². The Morgan fingerprint density at radius 3 is 0.701 bits per heavy atom. The minimum absolute atomic E-state index is 0.106. The Kier molecular flexibility index (Phi) is 67.1. The molecule has 0 aromatic rings. The van der Waals surface area contributed by atoms with E-state index in [2.05, 4.69) is 48.5 Å². The zero-order valence-corrected chi connectivity index (χ0v) is 65.3. The van der Waals surface area contributed by atoms with Gasteiger partial charge in [0, 0.05) is 25.7 Å². The number of esters is 4. The third kappa shape index (κ3) is 72.2. The van der Waals surface area contributed by atoms with Crippen LogP contribution in [0.2, 0.25) is 0 Å². The van der Waals surface area contributed by atoms with Gasteiger partial charge in [0.15, 0.2) is 12.2 Å². The first-order valence-corrected chi connectivity index (χ1v) is 43.3. The summed E-state index contributed by atoms with van der Waals surface area (Å²) in [5, 5.41) is 10.6. The van der Waals surface area contributed by atoms with Crippen molar-refractivity contribution in [3.63, 3.8) is 0 Å². The van der Waals surface area contributed by atoms with Crippen LogP contribution < -0.4 is 0 Å². The van der Waals surface area contributed by atoms with Crippen molar-refractivity contribution in [2.45, 2.75) is 420 Å². The molecule has 0 rings (SSSR count). The molecule has 576 valence electrons. The lowest BCUT2D eigenvalue weighted by Crippen LogP contribution is -2.30. The van der Waals surface area contributed by atoms with Gasteiger partial charge in [-0.15, -0.1) is 0 Å². The summed E-state index contributed by atoms with van der Waals surface area (Å²) in [6, 6.07) is 0. The van der Waals surface area contributed by atoms with Crippen molar-refractivity contribution in [3.8, 4) is 0 Å². The van der Waals surface area contributed by atoms with Crippen LogP contribution in [-0.4, -0.2) is 96.7 Å². The lowest BCUT2D eigenvalue weighted by Gasteiger charge is -2.21. The van der Waals surface area contributed by atoms with E-state index in [0.717, 1.165) is 108 Å². The van der Waals surface area contributed by atoms with E-state index in [1.807, 2.05) is 0 Å². The number of phosphoric acid groups is 2. The van der Waals surface area contributed by atoms with E-state index in [0.29, 0.717) is 25.7 Å². The highest BCUT2D eigenvalue weighted by atomic mass is 31.2. The van der Waals surface area contributed by atoms with Crippen LogP contribution in [0.5, 0.6) is 0 Å². The second-order valence-corrected chi connectivity index (χ2v) is 32.4. The molecule has 0 fully saturated rings. The van der Waals surface area contributed by atoms with E-state index in [1.165, 1.54) is 212 Å². The third-order valence-electron chi connectivity index (χ3n) is 18.1. The number of hydrogen-bond donors (Lipinski definition) is 3. The fraction of sp³-hybridized carbons (Fsp3) is 0.949. The van der Waals surface area contributed by atoms with Gasteiger partial charge in [-0.3, -0.25) is 37.3 Å². The summed E-state index contributed by atoms with van der Waals surface area (Å²) in [5.41, 5.74) is 0. The van der Waals surface area contributed by atoms with Crippen molar-refractivity contribution < 1.29 is 80.2 Å². The predicted octanol–water partition coefficient (Wildman–Crippen LogP) is 23.0. The van der Waals surface area contributed by atoms with E-state index in [-0.39, 0.29) is 25.7 Å². The number of phosphoric ester groups is 2. The van der Waals surface area contributed by atoms with Crippen molar-refractivity contribution >= 4 is 39.5 Å². The number of hydrogen-bond acceptors (Lipinski definition) is 15. The van der Waals surface area contributed by atoms with E-state index in [1.54, 1.807) is 0 Å². The predicted molar refractivity (Wildman–Crippen MR) is 395 cm³/mol. The first-order valence-electron chi connectivity index (χ1n) is 40.3. The standard InChI is InChI=1S/C78H152O17P2/c1-8-9-10-11-12-13-14-17-23-31-38-45-52-59-75(80)88-66-74(95-78(83)62-55-48-41-34-27-26-30-37-44-51-58-71(6)7)68-93-97(86,87)91-64-72(79)63-90-96(84,85)92-67-73(65-89-76(81)60-53-46-39-32-25-20-22-29-36-43-50-57-70(4)5)94-77(82)61-54-47-40-33-24-19-16-15-18-21-28-35-42-49-56-69(2)3/h69-74,79H,8-68H2,1-7H3,(H,84,85)(H,86,87)/t72-,73-,74-/m1/s1. The number of aliphatic hydroxyl groups excluding tert-OH is 1. The van der Waals surface area contributed by atoms with Crippen LogP contribution in [0.25, 0.3) is 0 Å². The molecule has 2 unspecified atom stereocenters. The molecule has 0 aliphatic rings. The molecule has 0 radical (unpaired) electrons. The van der Waals surface area contributed by atoms with Gasteiger partial charge in [-0.2, -0.15) is 0 Å². The number of carbonyl (C=O) groups is 4. The third-order valence-corrected chi connectivity index (χ3v) is 20.0. The van der Waals surface area contributed by atoms with Crippen molar-refractivity contribution in [2.75, 3.05) is 39.6 Å². The summed E-state index contributed by atoms with van der Waals surface area (Å²) < 4.78 is 68.6. The summed E-state index contributed by atoms with van der Waals surface area (Å²) in [6.45, 7) is 11.9. The number of rotatable bonds is 76. The summed E-state index contributed by atoms with van der Waals surface area (Å²) >= 11 is 0. The summed E-state index contributed by atoms with van der Waals surface area (Å²) in [6.07, 6.45) is 55.3. The molecule has 19 heteroatoms. The molecule has 0 saturated carbocycles. The highest BCUT2D eigenvalue weighted by Gasteiger charge is 2.30. The van der Waals surface area contributed by atoms with Crippen LogP contribution in [0.3, 0.4) is 0 Å². The molecule has 0 aliphatic carbocycles. The quantitative estimate of drug-likeness (QED) is 0.0222. The Bertz CT molecular complexity index is 1890. The molecule has 0 aromatic carbocycles. The van der Waals surface area contributed by atoms with Gasteiger partial charge in [0.05, 0.1) is 26.4 Å². The topological polar surface area (TPSA) is 237 Å². The Morgan fingerprint density at radius 1 is 0.278 bits per heavy atom. The monoisotopic (exact) mass is 1420 g/mol. The van der Waals surface area contributed by atoms with E-state index >= 15 is 0 Å². The van der Waals surface area contributed by atoms with Gasteiger partial charge >= 0.3 is 39.5 Å². The number of carbonyl (C=O) groups excluding carboxylic acids is 4. The fourth-order valence-electron chi connectivity index (χ4n) is 12.0. The minimum atomic E-state index is -4.96. The number of unbranched alkanes of at least 4 members (excludes halogenated alkanes) is 44. The van der Waals surface area contributed by atoms with E-state index < -0.39 is 97.5 Å². The fourth-order valence-corrected chi connectivity index (χ4v) is 13.5. The zero-order chi connectivity index (χ0) is 71.6. The Hall–Kier alpha value is -1.94. The van der Waals surface area contributed by atoms with E-state index in [9.17, 15) is 43.2 Å². The Morgan fingerprint density at radius 2 is 0.474 bits per heavy atom. The second-order valence-electron chi connectivity index (χ2n) is 29.5. The molecular formula is C78H152O17P2. The molecular weight excluding hydrogens is 1270 g/mol. The lowest BCUT2D eigenvalue weighted by atomic mass is 10.0. The average molecular weight is 1420 g/mol. The molecule has 0 saturated heterocycles. The van der Waals surface area contributed by atoms with Crippen molar-refractivity contribution in [1.29, 1.82) is 0 Å². The van der Waals surface area contributed by atoms with Crippen LogP contribution in [0.1, 0.15) is 402 Å². The van der Waals surface area contributed by atoms with E-state index in [4.69, 9.17) is 37.0 Å². The maximum atomic E-state index is 13.1. The zero-order valence-electron chi connectivity index (χ0n) is 63.5. The largest absolute Gasteiger partial charge is 0.472 e. The SMILES string of the molecule is CCCCCCCCCCCCCCCC(=O)OC[C@H](COP(=O)(O)OC[C@H](O)COP(=O)(O)OC[C@@H](COC(=O)CCCCCCCCCCCCCC(C)C)OC(=O)CCCCCCCCCCCCCCCCC(C)C)OC(=O)CCCCCCCCCCCCC(C)C. The summed E-state index contributed by atoms with van der Waals surface area (Å²) in [5.74, 6) is 0.205. The molecule has 97 heavy (non-hydrogen) atoms. The van der Waals surface area contributed by atoms with Crippen LogP contribution in [0.15, 0.2) is 0 Å². The Balaban J connectivity index is 5.27. The molecule has 0 amide bonds. The highest BCUT2D eigenvalue weighted by molar-refractivity contribution is 7.47. The summed E-state index contributed by atoms with van der Waals surface area (Å²) in [4.78, 5) is 72.9. The molecule has 0 aromatic heterocycles. The van der Waals surface area contributed by atoms with Crippen molar-refractivity contribution in [2.24, 2.45) is 17.8 Å². The normalized spacial score (nSPS) is 14.0. The van der Waals surface area contributed by atoms with Crippen LogP contribution >= 0.6 is 15.6 Å². The lowest BCUT2D eigenvalue weighted by molar-refractivity contribution is -0.161. The maximum Gasteiger partial charge on any atom is 0.472 e. The smallest absolute Gasteiger partial charge is 0.462 e. The Labute approximate surface area is 594 Å². The molecule has 0 heterocycles. The van der Waals surface area contributed by atoms with Gasteiger partial charge in [0.1, 0.15) is 19.3 Å². The van der Waals surface area contributed by atoms with Gasteiger partial charge in [0.25, 0.3) is 0 Å². The van der Waals surface area contributed by atoms with Gasteiger partial charge in [-0.25, -0.2) is 9.13 Å². The molecule has 5 atom stereocenters. The average Bonchev–Trinajstić information content (AvgIpc) is 1.30. The molecule has 17 nitrogen and oxygen atoms in total. The van der Waals surface area contributed by atoms with Gasteiger partial charge in [-0.05, 0) is 43.4 Å². The number of aliphatic hydroxyl groups is 1. The van der Waals surface area contributed by atoms with Crippen LogP contribution in [-0.2, 0) is 65.4 Å². The van der Waals surface area contributed by atoms with Crippen LogP contribution in [0, 0.1) is 17.8 Å². The molecule has 0 aliphatic heterocycles. The first kappa shape index (κ1) is 95.1. The first-order chi connectivity index (χ1) is 46.7. The highest BCUT2D eigenvalue weighted by Crippen LogP contribution is 2.45. The van der Waals surface area contributed by atoms with Gasteiger partial charge in [-0.1, -0.05) is 350 Å². The molecule has 0 spiro atoms. The van der Waals surface area contributed by atoms with Gasteiger partial charge in [0.2, 0.25) is 0 Å². The maximum absolute atomic E-state index is 13.1.